The quantitative estimate of drug-likeness (QED) is 0.585. The molecule has 1 amide bonds. The van der Waals surface area contributed by atoms with Gasteiger partial charge in [0, 0.05) is 11.8 Å². The molecule has 2 heterocycles. The number of hydrogen-bond acceptors (Lipinski definition) is 4. The minimum Gasteiger partial charge on any atom is -0.310 e. The second-order valence-corrected chi connectivity index (χ2v) is 6.92. The fourth-order valence-corrected chi connectivity index (χ4v) is 3.60. The molecule has 134 valence electrons. The Hall–Kier alpha value is -3.32. The van der Waals surface area contributed by atoms with Gasteiger partial charge in [-0.05, 0) is 30.3 Å². The third-order valence-electron chi connectivity index (χ3n) is 4.08. The third kappa shape index (κ3) is 3.50. The van der Waals surface area contributed by atoms with Gasteiger partial charge in [0.1, 0.15) is 11.4 Å². The number of thiazole rings is 1. The Morgan fingerprint density at radius 3 is 2.67 bits per heavy atom. The lowest BCUT2D eigenvalue weighted by molar-refractivity contribution is 0.102. The van der Waals surface area contributed by atoms with E-state index in [9.17, 15) is 14.0 Å². The Morgan fingerprint density at radius 2 is 1.85 bits per heavy atom. The Morgan fingerprint density at radius 1 is 1.07 bits per heavy atom. The van der Waals surface area contributed by atoms with Crippen molar-refractivity contribution in [3.05, 3.63) is 94.2 Å². The van der Waals surface area contributed by atoms with E-state index in [0.717, 1.165) is 10.2 Å². The summed E-state index contributed by atoms with van der Waals surface area (Å²) in [6.45, 7) is 0.0494. The molecule has 0 aliphatic heterocycles. The number of carbonyl (C=O) groups is 1. The van der Waals surface area contributed by atoms with Gasteiger partial charge in [0.25, 0.3) is 11.5 Å². The van der Waals surface area contributed by atoms with Crippen LogP contribution in [-0.4, -0.2) is 15.5 Å². The van der Waals surface area contributed by atoms with Crippen molar-refractivity contribution in [3.8, 4) is 0 Å². The van der Waals surface area contributed by atoms with E-state index >= 15 is 0 Å². The number of halogens is 1. The maximum absolute atomic E-state index is 13.9. The summed E-state index contributed by atoms with van der Waals surface area (Å²) in [6, 6.07) is 16.8. The number of para-hydroxylation sites is 1. The van der Waals surface area contributed by atoms with Crippen LogP contribution in [0.2, 0.25) is 0 Å². The SMILES string of the molecule is O=C(Nc1nc2ccccc2s1)c1cccn(Cc2ccccc2F)c1=O. The van der Waals surface area contributed by atoms with Crippen molar-refractivity contribution in [1.29, 1.82) is 0 Å². The molecule has 0 atom stereocenters. The molecule has 0 saturated heterocycles. The summed E-state index contributed by atoms with van der Waals surface area (Å²) in [4.78, 5) is 29.5. The molecule has 1 N–H and O–H groups in total. The van der Waals surface area contributed by atoms with Gasteiger partial charge in [-0.3, -0.25) is 14.9 Å². The predicted molar refractivity (Wildman–Crippen MR) is 104 cm³/mol. The van der Waals surface area contributed by atoms with Crippen molar-refractivity contribution >= 4 is 32.6 Å². The number of anilines is 1. The largest absolute Gasteiger partial charge is 0.310 e. The number of aromatic nitrogens is 2. The average molecular weight is 379 g/mol. The summed E-state index contributed by atoms with van der Waals surface area (Å²) in [5.74, 6) is -0.935. The molecule has 2 aromatic heterocycles. The lowest BCUT2D eigenvalue weighted by atomic mass is 10.2. The molecule has 0 spiro atoms. The fourth-order valence-electron chi connectivity index (χ4n) is 2.73. The molecule has 7 heteroatoms. The van der Waals surface area contributed by atoms with Crippen molar-refractivity contribution < 1.29 is 9.18 Å². The normalized spacial score (nSPS) is 10.9. The Labute approximate surface area is 157 Å². The maximum Gasteiger partial charge on any atom is 0.263 e. The van der Waals surface area contributed by atoms with Crippen LogP contribution in [-0.2, 0) is 6.54 Å². The van der Waals surface area contributed by atoms with E-state index < -0.39 is 17.3 Å². The van der Waals surface area contributed by atoms with Crippen molar-refractivity contribution in [2.75, 3.05) is 5.32 Å². The van der Waals surface area contributed by atoms with Crippen LogP contribution in [0.3, 0.4) is 0 Å². The molecule has 0 unspecified atom stereocenters. The lowest BCUT2D eigenvalue weighted by Crippen LogP contribution is -2.29. The van der Waals surface area contributed by atoms with Gasteiger partial charge in [0.2, 0.25) is 0 Å². The van der Waals surface area contributed by atoms with Crippen molar-refractivity contribution in [2.24, 2.45) is 0 Å². The Bertz CT molecular complexity index is 1170. The molecule has 0 bridgehead atoms. The van der Waals surface area contributed by atoms with Crippen LogP contribution in [0.15, 0.2) is 71.7 Å². The van der Waals surface area contributed by atoms with E-state index in [-0.39, 0.29) is 12.1 Å². The van der Waals surface area contributed by atoms with Gasteiger partial charge in [-0.2, -0.15) is 0 Å². The van der Waals surface area contributed by atoms with Gasteiger partial charge in [0.15, 0.2) is 5.13 Å². The molecule has 0 radical (unpaired) electrons. The number of amides is 1. The Balaban J connectivity index is 1.61. The molecular formula is C20H14FN3O2S. The highest BCUT2D eigenvalue weighted by molar-refractivity contribution is 7.22. The standard InChI is InChI=1S/C20H14FN3O2S/c21-15-8-2-1-6-13(15)12-24-11-5-7-14(19(24)26)18(25)23-20-22-16-9-3-4-10-17(16)27-20/h1-11H,12H2,(H,22,23,25). The highest BCUT2D eigenvalue weighted by Gasteiger charge is 2.15. The van der Waals surface area contributed by atoms with Crippen LogP contribution in [0.25, 0.3) is 10.2 Å². The molecule has 0 aliphatic carbocycles. The second-order valence-electron chi connectivity index (χ2n) is 5.89. The highest BCUT2D eigenvalue weighted by atomic mass is 32.1. The summed E-state index contributed by atoms with van der Waals surface area (Å²) >= 11 is 1.33. The van der Waals surface area contributed by atoms with Gasteiger partial charge in [-0.15, -0.1) is 0 Å². The number of pyridine rings is 1. The zero-order chi connectivity index (χ0) is 18.8. The summed E-state index contributed by atoms with van der Waals surface area (Å²) in [6.07, 6.45) is 1.53. The van der Waals surface area contributed by atoms with Crippen LogP contribution in [0.4, 0.5) is 9.52 Å². The first kappa shape index (κ1) is 17.1. The molecule has 4 aromatic rings. The van der Waals surface area contributed by atoms with Crippen molar-refractivity contribution in [3.63, 3.8) is 0 Å². The van der Waals surface area contributed by atoms with Gasteiger partial charge in [-0.1, -0.05) is 41.7 Å². The number of carbonyl (C=O) groups excluding carboxylic acids is 1. The first-order valence-corrected chi connectivity index (χ1v) is 9.03. The fraction of sp³-hybridized carbons (Fsp3) is 0.0500. The van der Waals surface area contributed by atoms with Gasteiger partial charge in [-0.25, -0.2) is 9.37 Å². The maximum atomic E-state index is 13.9. The number of nitrogens with one attached hydrogen (secondary N) is 1. The first-order chi connectivity index (χ1) is 13.1. The first-order valence-electron chi connectivity index (χ1n) is 8.21. The van der Waals surface area contributed by atoms with E-state index in [2.05, 4.69) is 10.3 Å². The van der Waals surface area contributed by atoms with Gasteiger partial charge in [0.05, 0.1) is 16.8 Å². The zero-order valence-electron chi connectivity index (χ0n) is 14.1. The van der Waals surface area contributed by atoms with Crippen molar-refractivity contribution in [1.82, 2.24) is 9.55 Å². The topological polar surface area (TPSA) is 64.0 Å². The summed E-state index contributed by atoms with van der Waals surface area (Å²) in [5.41, 5.74) is 0.651. The van der Waals surface area contributed by atoms with E-state index in [0.29, 0.717) is 10.7 Å². The summed E-state index contributed by atoms with van der Waals surface area (Å²) < 4.78 is 16.1. The van der Waals surface area contributed by atoms with E-state index in [4.69, 9.17) is 0 Å². The molecule has 5 nitrogen and oxygen atoms in total. The lowest BCUT2D eigenvalue weighted by Gasteiger charge is -2.08. The average Bonchev–Trinajstić information content (AvgIpc) is 3.07. The van der Waals surface area contributed by atoms with Crippen molar-refractivity contribution in [2.45, 2.75) is 6.54 Å². The zero-order valence-corrected chi connectivity index (χ0v) is 14.9. The minimum absolute atomic E-state index is 0.0203. The van der Waals surface area contributed by atoms with E-state index in [1.807, 2.05) is 24.3 Å². The van der Waals surface area contributed by atoms with Crippen LogP contribution in [0.1, 0.15) is 15.9 Å². The smallest absolute Gasteiger partial charge is 0.263 e. The monoisotopic (exact) mass is 379 g/mol. The number of hydrogen-bond donors (Lipinski definition) is 1. The summed E-state index contributed by atoms with van der Waals surface area (Å²) in [7, 11) is 0. The number of benzene rings is 2. The molecular weight excluding hydrogens is 365 g/mol. The van der Waals surface area contributed by atoms with Crippen LogP contribution in [0, 0.1) is 5.82 Å². The molecule has 2 aromatic carbocycles. The van der Waals surface area contributed by atoms with Crippen LogP contribution >= 0.6 is 11.3 Å². The Kier molecular flexibility index (Phi) is 4.52. The van der Waals surface area contributed by atoms with E-state index in [1.165, 1.54) is 34.2 Å². The number of rotatable bonds is 4. The number of fused-ring (bicyclic) bond motifs is 1. The molecule has 27 heavy (non-hydrogen) atoms. The minimum atomic E-state index is -0.540. The van der Waals surface area contributed by atoms with E-state index in [1.54, 1.807) is 24.3 Å². The molecule has 4 rings (SSSR count). The predicted octanol–water partition coefficient (Wildman–Crippen LogP) is 3.90. The summed E-state index contributed by atoms with van der Waals surface area (Å²) in [5, 5.41) is 3.09. The van der Waals surface area contributed by atoms with Crippen LogP contribution < -0.4 is 10.9 Å². The van der Waals surface area contributed by atoms with Crippen LogP contribution in [0.5, 0.6) is 0 Å². The second kappa shape index (κ2) is 7.13. The van der Waals surface area contributed by atoms with Gasteiger partial charge >= 0.3 is 0 Å². The van der Waals surface area contributed by atoms with Gasteiger partial charge < -0.3 is 4.57 Å². The molecule has 0 saturated carbocycles. The number of nitrogens with zero attached hydrogens (tertiary/aromatic N) is 2. The molecule has 0 aliphatic rings. The molecule has 0 fully saturated rings. The highest BCUT2D eigenvalue weighted by Crippen LogP contribution is 2.25. The third-order valence-corrected chi connectivity index (χ3v) is 5.03.